The van der Waals surface area contributed by atoms with Gasteiger partial charge in [0.1, 0.15) is 6.61 Å². The maximum atomic E-state index is 13.3. The van der Waals surface area contributed by atoms with Gasteiger partial charge in [0.25, 0.3) is 0 Å². The molecule has 0 aromatic rings. The van der Waals surface area contributed by atoms with Crippen LogP contribution in [0.4, 0.5) is 4.79 Å². The van der Waals surface area contributed by atoms with Crippen LogP contribution in [0, 0.1) is 34.5 Å². The van der Waals surface area contributed by atoms with E-state index >= 15 is 0 Å². The molecule has 0 bridgehead atoms. The Morgan fingerprint density at radius 1 is 1.08 bits per heavy atom. The first-order valence-electron chi connectivity index (χ1n) is 14.5. The molecule has 2 amide bonds. The molecule has 0 unspecified atom stereocenters. The van der Waals surface area contributed by atoms with Crippen LogP contribution in [0.2, 0.25) is 0 Å². The van der Waals surface area contributed by atoms with Crippen LogP contribution < -0.4 is 0 Å². The van der Waals surface area contributed by atoms with Gasteiger partial charge >= 0.3 is 12.0 Å². The lowest BCUT2D eigenvalue weighted by Crippen LogP contribution is -2.56. The Morgan fingerprint density at radius 2 is 1.86 bits per heavy atom. The minimum absolute atomic E-state index is 0.156. The fourth-order valence-electron chi connectivity index (χ4n) is 9.45. The van der Waals surface area contributed by atoms with Gasteiger partial charge in [-0.15, -0.1) is 0 Å². The van der Waals surface area contributed by atoms with E-state index in [2.05, 4.69) is 48.7 Å². The van der Waals surface area contributed by atoms with E-state index in [0.29, 0.717) is 35.8 Å². The number of rotatable bonds is 2. The van der Waals surface area contributed by atoms with Crippen molar-refractivity contribution in [1.29, 1.82) is 0 Å². The van der Waals surface area contributed by atoms with Gasteiger partial charge in [-0.3, -0.25) is 0 Å². The molecule has 6 aliphatic rings. The van der Waals surface area contributed by atoms with Crippen molar-refractivity contribution in [2.45, 2.75) is 71.3 Å². The summed E-state index contributed by atoms with van der Waals surface area (Å²) in [6.07, 6.45) is 14.0. The van der Waals surface area contributed by atoms with Crippen molar-refractivity contribution in [1.82, 2.24) is 14.7 Å². The van der Waals surface area contributed by atoms with Crippen LogP contribution in [0.1, 0.15) is 65.2 Å². The Hall–Kier alpha value is -1.82. The molecule has 3 saturated carbocycles. The molecular formula is C30H45N3O3. The molecule has 6 heteroatoms. The topological polar surface area (TPSA) is 53.1 Å². The maximum Gasteiger partial charge on any atom is 0.331 e. The number of carbonyl (C=O) groups is 2. The third-order valence-electron chi connectivity index (χ3n) is 11.8. The van der Waals surface area contributed by atoms with Crippen LogP contribution in [-0.2, 0) is 9.53 Å². The molecule has 36 heavy (non-hydrogen) atoms. The number of hydrogen-bond donors (Lipinski definition) is 0. The van der Waals surface area contributed by atoms with Crippen LogP contribution >= 0.6 is 0 Å². The van der Waals surface area contributed by atoms with Gasteiger partial charge in [0.15, 0.2) is 0 Å². The monoisotopic (exact) mass is 495 g/mol. The van der Waals surface area contributed by atoms with Crippen LogP contribution in [0.25, 0.3) is 0 Å². The molecule has 4 aliphatic carbocycles. The highest BCUT2D eigenvalue weighted by molar-refractivity contribution is 5.85. The first-order chi connectivity index (χ1) is 17.2. The predicted molar refractivity (Wildman–Crippen MR) is 140 cm³/mol. The number of ether oxygens (including phenoxy) is 1. The number of carbonyl (C=O) groups excluding carboxylic acids is 2. The number of urea groups is 1. The van der Waals surface area contributed by atoms with Gasteiger partial charge in [-0.25, -0.2) is 9.59 Å². The number of nitrogens with zero attached hydrogens (tertiary/aromatic N) is 3. The first kappa shape index (κ1) is 24.5. The van der Waals surface area contributed by atoms with Gasteiger partial charge in [0, 0.05) is 45.3 Å². The second-order valence-corrected chi connectivity index (χ2v) is 13.3. The van der Waals surface area contributed by atoms with Gasteiger partial charge in [-0.05, 0) is 98.5 Å². The largest absolute Gasteiger partial charge is 0.458 e. The summed E-state index contributed by atoms with van der Waals surface area (Å²) in [7, 11) is 4.20. The summed E-state index contributed by atoms with van der Waals surface area (Å²) in [6, 6.07) is 0.618. The minimum Gasteiger partial charge on any atom is -0.458 e. The Labute approximate surface area is 217 Å². The van der Waals surface area contributed by atoms with Crippen molar-refractivity contribution in [3.8, 4) is 0 Å². The Balaban J connectivity index is 1.14. The second-order valence-electron chi connectivity index (χ2n) is 13.3. The van der Waals surface area contributed by atoms with E-state index in [-0.39, 0.29) is 17.4 Å². The molecule has 7 atom stereocenters. The number of amides is 2. The van der Waals surface area contributed by atoms with Crippen molar-refractivity contribution >= 4 is 12.0 Å². The van der Waals surface area contributed by atoms with Gasteiger partial charge in [-0.1, -0.05) is 25.5 Å². The molecule has 0 spiro atoms. The average molecular weight is 496 g/mol. The zero-order chi connectivity index (χ0) is 25.2. The molecule has 0 radical (unpaired) electrons. The standard InChI is InChI=1S/C30H45N3O3/c1-29-11-9-22(32(4)28(35)33-15-13-31(3)14-16-33)18-21(29)5-6-23-25-8-7-24(20-17-27(34)36-19-20)30(25,2)12-10-26(23)29/h8,17,21-24,26H,5-7,9-16,18-19H2,1-4H3/t21-,22+,23+,24-,26+,29+,30-/m1/s1. The van der Waals surface area contributed by atoms with E-state index in [1.165, 1.54) is 44.1 Å². The molecule has 4 fully saturated rings. The highest BCUT2D eigenvalue weighted by atomic mass is 16.5. The molecule has 198 valence electrons. The van der Waals surface area contributed by atoms with Gasteiger partial charge in [0.2, 0.25) is 0 Å². The Kier molecular flexibility index (Phi) is 6.05. The first-order valence-corrected chi connectivity index (χ1v) is 14.5. The van der Waals surface area contributed by atoms with E-state index in [0.717, 1.165) is 44.9 Å². The maximum absolute atomic E-state index is 13.3. The lowest BCUT2D eigenvalue weighted by atomic mass is 9.45. The lowest BCUT2D eigenvalue weighted by molar-refractivity contribution is -0.135. The highest BCUT2D eigenvalue weighted by Crippen LogP contribution is 2.66. The third kappa shape index (κ3) is 3.76. The van der Waals surface area contributed by atoms with Crippen LogP contribution in [0.15, 0.2) is 23.3 Å². The van der Waals surface area contributed by atoms with Crippen molar-refractivity contribution in [3.63, 3.8) is 0 Å². The molecule has 0 aromatic heterocycles. The number of fused-ring (bicyclic) bond motifs is 5. The fraction of sp³-hybridized carbons (Fsp3) is 0.800. The van der Waals surface area contributed by atoms with Crippen LogP contribution in [0.3, 0.4) is 0 Å². The van der Waals surface area contributed by atoms with Crippen molar-refractivity contribution in [2.24, 2.45) is 34.5 Å². The molecule has 2 heterocycles. The smallest absolute Gasteiger partial charge is 0.331 e. The number of esters is 1. The van der Waals surface area contributed by atoms with Crippen LogP contribution in [-0.4, -0.2) is 79.6 Å². The highest BCUT2D eigenvalue weighted by Gasteiger charge is 2.58. The summed E-state index contributed by atoms with van der Waals surface area (Å²) in [5, 5.41) is 0. The number of piperazine rings is 1. The Morgan fingerprint density at radius 3 is 2.58 bits per heavy atom. The molecule has 0 N–H and O–H groups in total. The van der Waals surface area contributed by atoms with E-state index in [4.69, 9.17) is 4.74 Å². The van der Waals surface area contributed by atoms with E-state index in [9.17, 15) is 9.59 Å². The van der Waals surface area contributed by atoms with Crippen LogP contribution in [0.5, 0.6) is 0 Å². The lowest BCUT2D eigenvalue weighted by Gasteiger charge is -2.60. The van der Waals surface area contributed by atoms with E-state index in [1.54, 1.807) is 11.6 Å². The number of likely N-dealkylation sites (N-methyl/N-ethyl adjacent to an activating group) is 1. The van der Waals surface area contributed by atoms with E-state index < -0.39 is 0 Å². The number of allylic oxidation sites excluding steroid dienone is 2. The molecular weight excluding hydrogens is 450 g/mol. The second kappa shape index (κ2) is 8.89. The fourth-order valence-corrected chi connectivity index (χ4v) is 9.45. The number of hydrogen-bond acceptors (Lipinski definition) is 4. The van der Waals surface area contributed by atoms with E-state index in [1.807, 2.05) is 0 Å². The predicted octanol–water partition coefficient (Wildman–Crippen LogP) is 4.72. The molecule has 6 rings (SSSR count). The molecule has 1 saturated heterocycles. The summed E-state index contributed by atoms with van der Waals surface area (Å²) in [5.41, 5.74) is 3.49. The van der Waals surface area contributed by atoms with Gasteiger partial charge < -0.3 is 19.4 Å². The van der Waals surface area contributed by atoms with Crippen molar-refractivity contribution in [3.05, 3.63) is 23.3 Å². The van der Waals surface area contributed by atoms with Gasteiger partial charge in [0.05, 0.1) is 0 Å². The summed E-state index contributed by atoms with van der Waals surface area (Å²) in [4.78, 5) is 31.5. The SMILES string of the molecule is CN1CCN(C(=O)N(C)[C@H]2CC[C@@]3(C)[C@H](CC[C@H]4C5=CC[C@H](C6=CC(=O)OC6)[C@@]5(C)CC[C@@H]43)C2)CC1. The number of cyclic esters (lactones) is 1. The third-order valence-corrected chi connectivity index (χ3v) is 11.8. The Bertz CT molecular complexity index is 982. The molecule has 0 aromatic carbocycles. The summed E-state index contributed by atoms with van der Waals surface area (Å²) in [6.45, 7) is 9.21. The summed E-state index contributed by atoms with van der Waals surface area (Å²) < 4.78 is 5.30. The quantitative estimate of drug-likeness (QED) is 0.411. The summed E-state index contributed by atoms with van der Waals surface area (Å²) in [5.74, 6) is 2.44. The average Bonchev–Trinajstić information content (AvgIpc) is 3.45. The normalized spacial score (nSPS) is 42.6. The summed E-state index contributed by atoms with van der Waals surface area (Å²) >= 11 is 0. The van der Waals surface area contributed by atoms with Gasteiger partial charge in [-0.2, -0.15) is 0 Å². The van der Waals surface area contributed by atoms with Crippen molar-refractivity contribution < 1.29 is 14.3 Å². The molecule has 6 nitrogen and oxygen atoms in total. The zero-order valence-electron chi connectivity index (χ0n) is 22.8. The minimum atomic E-state index is -0.156. The zero-order valence-corrected chi connectivity index (χ0v) is 22.8. The van der Waals surface area contributed by atoms with Crippen molar-refractivity contribution in [2.75, 3.05) is 46.9 Å². The molecule has 2 aliphatic heterocycles.